The lowest BCUT2D eigenvalue weighted by atomic mass is 10.2. The van der Waals surface area contributed by atoms with E-state index in [2.05, 4.69) is 20.5 Å². The Morgan fingerprint density at radius 1 is 1.30 bits per heavy atom. The van der Waals surface area contributed by atoms with Crippen molar-refractivity contribution in [3.05, 3.63) is 40.2 Å². The average molecular weight is 318 g/mol. The number of ether oxygens (including phenoxy) is 2. The number of nitrogens with one attached hydrogen (secondary N) is 1. The Labute approximate surface area is 131 Å². The Morgan fingerprint density at radius 2 is 2.04 bits per heavy atom. The first kappa shape index (κ1) is 15.9. The third-order valence-corrected chi connectivity index (χ3v) is 2.82. The van der Waals surface area contributed by atoms with Crippen LogP contribution in [0, 0.1) is 10.1 Å². The molecule has 0 amide bonds. The van der Waals surface area contributed by atoms with E-state index in [0.29, 0.717) is 17.1 Å². The van der Waals surface area contributed by atoms with E-state index in [1.54, 1.807) is 18.2 Å². The van der Waals surface area contributed by atoms with Gasteiger partial charge in [0.15, 0.2) is 11.5 Å². The summed E-state index contributed by atoms with van der Waals surface area (Å²) in [4.78, 5) is 17.6. The third kappa shape index (κ3) is 3.61. The van der Waals surface area contributed by atoms with Crippen LogP contribution in [0.25, 0.3) is 0 Å². The summed E-state index contributed by atoms with van der Waals surface area (Å²) in [7, 11) is 3.05. The molecule has 10 nitrogen and oxygen atoms in total. The van der Waals surface area contributed by atoms with Crippen LogP contribution in [-0.4, -0.2) is 35.3 Å². The molecule has 0 atom stereocenters. The Morgan fingerprint density at radius 3 is 2.70 bits per heavy atom. The number of anilines is 2. The van der Waals surface area contributed by atoms with Crippen molar-refractivity contribution in [2.75, 3.05) is 25.4 Å². The van der Waals surface area contributed by atoms with Crippen LogP contribution < -0.4 is 20.6 Å². The lowest BCUT2D eigenvalue weighted by molar-refractivity contribution is -0.383. The molecule has 2 rings (SSSR count). The van der Waals surface area contributed by atoms with Crippen LogP contribution in [0.2, 0.25) is 0 Å². The maximum absolute atomic E-state index is 11.0. The van der Waals surface area contributed by atoms with Crippen LogP contribution in [-0.2, 0) is 0 Å². The van der Waals surface area contributed by atoms with Gasteiger partial charge in [0.25, 0.3) is 0 Å². The molecule has 0 fully saturated rings. The summed E-state index contributed by atoms with van der Waals surface area (Å²) in [5, 5.41) is 14.9. The van der Waals surface area contributed by atoms with Crippen molar-refractivity contribution in [2.45, 2.75) is 0 Å². The minimum atomic E-state index is -0.677. The Kier molecular flexibility index (Phi) is 4.87. The van der Waals surface area contributed by atoms with Gasteiger partial charge in [-0.2, -0.15) is 5.10 Å². The highest BCUT2D eigenvalue weighted by Crippen LogP contribution is 2.27. The van der Waals surface area contributed by atoms with Gasteiger partial charge in [0.1, 0.15) is 6.33 Å². The van der Waals surface area contributed by atoms with E-state index in [1.165, 1.54) is 20.4 Å². The molecule has 3 N–H and O–H groups in total. The summed E-state index contributed by atoms with van der Waals surface area (Å²) in [5.74, 6) is 0.776. The van der Waals surface area contributed by atoms with E-state index >= 15 is 0 Å². The van der Waals surface area contributed by atoms with Gasteiger partial charge in [-0.05, 0) is 23.8 Å². The summed E-state index contributed by atoms with van der Waals surface area (Å²) in [5.41, 5.74) is 8.20. The number of aromatic nitrogens is 2. The summed E-state index contributed by atoms with van der Waals surface area (Å²) < 4.78 is 10.3. The highest BCUT2D eigenvalue weighted by atomic mass is 16.6. The number of benzene rings is 1. The molecule has 1 aromatic carbocycles. The second-order valence-corrected chi connectivity index (χ2v) is 4.20. The molecule has 0 saturated heterocycles. The van der Waals surface area contributed by atoms with E-state index in [1.807, 2.05) is 0 Å². The lowest BCUT2D eigenvalue weighted by Gasteiger charge is -2.07. The molecular weight excluding hydrogens is 304 g/mol. The standard InChI is InChI=1S/C13H14N6O4/c1-22-9-4-3-8(5-10(9)23-2)6-17-18-13-11(19(20)21)12(14)15-7-16-13/h3-7H,1-2H3,(H3,14,15,16,18)/b17-6+. The Hall–Kier alpha value is -3.43. The van der Waals surface area contributed by atoms with Gasteiger partial charge in [-0.1, -0.05) is 0 Å². The van der Waals surface area contributed by atoms with Gasteiger partial charge in [0, 0.05) is 0 Å². The topological polar surface area (TPSA) is 138 Å². The molecule has 10 heteroatoms. The van der Waals surface area contributed by atoms with Crippen molar-refractivity contribution in [2.24, 2.45) is 5.10 Å². The fraction of sp³-hybridized carbons (Fsp3) is 0.154. The van der Waals surface area contributed by atoms with E-state index < -0.39 is 10.6 Å². The lowest BCUT2D eigenvalue weighted by Crippen LogP contribution is -2.04. The molecule has 0 aliphatic heterocycles. The zero-order valence-electron chi connectivity index (χ0n) is 12.4. The van der Waals surface area contributed by atoms with Gasteiger partial charge in [-0.15, -0.1) is 0 Å². The second kappa shape index (κ2) is 7.02. The van der Waals surface area contributed by atoms with Crippen molar-refractivity contribution >= 4 is 23.5 Å². The van der Waals surface area contributed by atoms with Gasteiger partial charge in [0.2, 0.25) is 11.6 Å². The van der Waals surface area contributed by atoms with E-state index in [4.69, 9.17) is 15.2 Å². The molecule has 2 aromatic rings. The number of nitrogens with zero attached hydrogens (tertiary/aromatic N) is 4. The number of methoxy groups -OCH3 is 2. The molecule has 23 heavy (non-hydrogen) atoms. The van der Waals surface area contributed by atoms with Crippen molar-refractivity contribution in [3.8, 4) is 11.5 Å². The maximum Gasteiger partial charge on any atom is 0.354 e. The average Bonchev–Trinajstić information content (AvgIpc) is 2.54. The number of nitro groups is 1. The summed E-state index contributed by atoms with van der Waals surface area (Å²) in [6, 6.07) is 5.16. The van der Waals surface area contributed by atoms with Crippen molar-refractivity contribution in [3.63, 3.8) is 0 Å². The number of nitrogens with two attached hydrogens (primary N) is 1. The number of hydrogen-bond donors (Lipinski definition) is 2. The summed E-state index contributed by atoms with van der Waals surface area (Å²) in [6.07, 6.45) is 2.56. The second-order valence-electron chi connectivity index (χ2n) is 4.20. The van der Waals surface area contributed by atoms with Crippen LogP contribution in [0.3, 0.4) is 0 Å². The fourth-order valence-electron chi connectivity index (χ4n) is 1.76. The molecule has 0 spiro atoms. The molecule has 0 aliphatic rings. The minimum absolute atomic E-state index is 0.0979. The Balaban J connectivity index is 2.20. The van der Waals surface area contributed by atoms with E-state index in [-0.39, 0.29) is 11.6 Å². The largest absolute Gasteiger partial charge is 0.493 e. The van der Waals surface area contributed by atoms with Crippen molar-refractivity contribution in [1.82, 2.24) is 9.97 Å². The predicted octanol–water partition coefficient (Wildman–Crippen LogP) is 1.43. The van der Waals surface area contributed by atoms with Gasteiger partial charge < -0.3 is 15.2 Å². The van der Waals surface area contributed by atoms with E-state index in [9.17, 15) is 10.1 Å². The monoisotopic (exact) mass is 318 g/mol. The van der Waals surface area contributed by atoms with Crippen molar-refractivity contribution < 1.29 is 14.4 Å². The molecule has 0 bridgehead atoms. The van der Waals surface area contributed by atoms with Gasteiger partial charge in [-0.3, -0.25) is 15.5 Å². The molecule has 0 saturated carbocycles. The zero-order valence-corrected chi connectivity index (χ0v) is 12.4. The quantitative estimate of drug-likeness (QED) is 0.463. The summed E-state index contributed by atoms with van der Waals surface area (Å²) >= 11 is 0. The first-order valence-corrected chi connectivity index (χ1v) is 6.32. The molecule has 120 valence electrons. The number of rotatable bonds is 6. The van der Waals surface area contributed by atoms with Gasteiger partial charge in [-0.25, -0.2) is 9.97 Å². The number of nitrogen functional groups attached to an aromatic ring is 1. The first-order valence-electron chi connectivity index (χ1n) is 6.32. The third-order valence-electron chi connectivity index (χ3n) is 2.82. The van der Waals surface area contributed by atoms with Gasteiger partial charge >= 0.3 is 5.69 Å². The van der Waals surface area contributed by atoms with Crippen molar-refractivity contribution in [1.29, 1.82) is 0 Å². The normalized spacial score (nSPS) is 10.5. The zero-order chi connectivity index (χ0) is 16.8. The highest BCUT2D eigenvalue weighted by molar-refractivity contribution is 5.82. The van der Waals surface area contributed by atoms with Crippen LogP contribution in [0.5, 0.6) is 11.5 Å². The molecule has 0 unspecified atom stereocenters. The minimum Gasteiger partial charge on any atom is -0.493 e. The molecule has 1 aromatic heterocycles. The SMILES string of the molecule is COc1ccc(/C=N/Nc2ncnc(N)c2[N+](=O)[O-])cc1OC. The van der Waals surface area contributed by atoms with Gasteiger partial charge in [0.05, 0.1) is 25.4 Å². The first-order chi connectivity index (χ1) is 11.1. The highest BCUT2D eigenvalue weighted by Gasteiger charge is 2.20. The van der Waals surface area contributed by atoms with Crippen LogP contribution in [0.1, 0.15) is 5.56 Å². The predicted molar refractivity (Wildman–Crippen MR) is 83.9 cm³/mol. The van der Waals surface area contributed by atoms with Crippen LogP contribution in [0.15, 0.2) is 29.6 Å². The smallest absolute Gasteiger partial charge is 0.354 e. The molecule has 0 aliphatic carbocycles. The fourth-order valence-corrected chi connectivity index (χ4v) is 1.76. The number of hydrogen-bond acceptors (Lipinski definition) is 9. The number of hydrazone groups is 1. The molecule has 0 radical (unpaired) electrons. The maximum atomic E-state index is 11.0. The van der Waals surface area contributed by atoms with E-state index in [0.717, 1.165) is 6.33 Å². The Bertz CT molecular complexity index is 749. The molecular formula is C13H14N6O4. The molecule has 1 heterocycles. The van der Waals surface area contributed by atoms with Crippen LogP contribution >= 0.6 is 0 Å². The summed E-state index contributed by atoms with van der Waals surface area (Å²) in [6.45, 7) is 0. The van der Waals surface area contributed by atoms with Crippen LogP contribution in [0.4, 0.5) is 17.3 Å².